The van der Waals surface area contributed by atoms with Crippen molar-refractivity contribution in [1.29, 1.82) is 0 Å². The first-order valence-electron chi connectivity index (χ1n) is 6.88. The van der Waals surface area contributed by atoms with Gasteiger partial charge in [0.15, 0.2) is 0 Å². The Morgan fingerprint density at radius 3 is 2.73 bits per heavy atom. The van der Waals surface area contributed by atoms with E-state index in [1.54, 1.807) is 7.05 Å². The first-order valence-corrected chi connectivity index (χ1v) is 6.88. The van der Waals surface area contributed by atoms with Crippen LogP contribution in [0.15, 0.2) is 24.3 Å². The second-order valence-corrected chi connectivity index (χ2v) is 5.12. The molecule has 2 rings (SSSR count). The number of carbonyl (C=O) groups excluding carboxylic acids is 1. The van der Waals surface area contributed by atoms with Gasteiger partial charge in [0, 0.05) is 25.8 Å². The van der Waals surface area contributed by atoms with Crippen molar-refractivity contribution in [3.63, 3.8) is 0 Å². The van der Waals surface area contributed by atoms with Crippen LogP contribution in [-0.2, 0) is 16.1 Å². The van der Waals surface area contributed by atoms with Crippen LogP contribution in [-0.4, -0.2) is 53.4 Å². The number of non-ortho nitro benzene ring substituents is 1. The SMILES string of the molecule is CN(C[C@H]1OCC[C@@H]1O)C(=O)OCc1ccc([N+](=O)[O-])cc1. The van der Waals surface area contributed by atoms with E-state index in [1.165, 1.54) is 29.2 Å². The summed E-state index contributed by atoms with van der Waals surface area (Å²) in [7, 11) is 1.56. The summed E-state index contributed by atoms with van der Waals surface area (Å²) in [5.74, 6) is 0. The lowest BCUT2D eigenvalue weighted by atomic mass is 10.2. The fourth-order valence-electron chi connectivity index (χ4n) is 2.13. The molecule has 1 amide bonds. The first kappa shape index (κ1) is 16.2. The maximum atomic E-state index is 11.8. The quantitative estimate of drug-likeness (QED) is 0.650. The molecule has 0 aliphatic carbocycles. The molecule has 8 heteroatoms. The smallest absolute Gasteiger partial charge is 0.409 e. The van der Waals surface area contributed by atoms with Crippen molar-refractivity contribution < 1.29 is 24.3 Å². The summed E-state index contributed by atoms with van der Waals surface area (Å²) in [5, 5.41) is 20.2. The third-order valence-corrected chi connectivity index (χ3v) is 3.45. The van der Waals surface area contributed by atoms with Crippen LogP contribution in [0.5, 0.6) is 0 Å². The van der Waals surface area contributed by atoms with E-state index in [-0.39, 0.29) is 18.8 Å². The largest absolute Gasteiger partial charge is 0.445 e. The predicted molar refractivity (Wildman–Crippen MR) is 76.3 cm³/mol. The predicted octanol–water partition coefficient (Wildman–Crippen LogP) is 1.31. The molecule has 1 aromatic carbocycles. The van der Waals surface area contributed by atoms with E-state index in [0.717, 1.165) is 0 Å². The number of hydrogen-bond donors (Lipinski definition) is 1. The van der Waals surface area contributed by atoms with E-state index < -0.39 is 23.2 Å². The van der Waals surface area contributed by atoms with Crippen LogP contribution in [0.1, 0.15) is 12.0 Å². The summed E-state index contributed by atoms with van der Waals surface area (Å²) in [5.41, 5.74) is 0.643. The van der Waals surface area contributed by atoms with E-state index in [4.69, 9.17) is 9.47 Å². The van der Waals surface area contributed by atoms with Gasteiger partial charge in [-0.2, -0.15) is 0 Å². The van der Waals surface area contributed by atoms with Gasteiger partial charge in [-0.25, -0.2) is 4.79 Å². The fourth-order valence-corrected chi connectivity index (χ4v) is 2.13. The van der Waals surface area contributed by atoms with E-state index in [9.17, 15) is 20.0 Å². The zero-order valence-corrected chi connectivity index (χ0v) is 12.2. The van der Waals surface area contributed by atoms with Crippen molar-refractivity contribution in [3.05, 3.63) is 39.9 Å². The van der Waals surface area contributed by atoms with Crippen molar-refractivity contribution in [1.82, 2.24) is 4.90 Å². The van der Waals surface area contributed by atoms with Crippen LogP contribution in [0.2, 0.25) is 0 Å². The molecule has 1 N–H and O–H groups in total. The molecule has 0 aromatic heterocycles. The number of likely N-dealkylation sites (N-methyl/N-ethyl adjacent to an activating group) is 1. The van der Waals surface area contributed by atoms with Crippen LogP contribution in [0, 0.1) is 10.1 Å². The second kappa shape index (κ2) is 7.19. The van der Waals surface area contributed by atoms with Gasteiger partial charge in [-0.1, -0.05) is 0 Å². The summed E-state index contributed by atoms with van der Waals surface area (Å²) < 4.78 is 10.4. The maximum Gasteiger partial charge on any atom is 0.409 e. The number of aliphatic hydroxyl groups excluding tert-OH is 1. The van der Waals surface area contributed by atoms with Crippen LogP contribution in [0.4, 0.5) is 10.5 Å². The number of nitro benzene ring substituents is 1. The summed E-state index contributed by atoms with van der Waals surface area (Å²) in [6, 6.07) is 5.79. The molecular weight excluding hydrogens is 292 g/mol. The Labute approximate surface area is 127 Å². The van der Waals surface area contributed by atoms with E-state index in [1.807, 2.05) is 0 Å². The third-order valence-electron chi connectivity index (χ3n) is 3.45. The highest BCUT2D eigenvalue weighted by Gasteiger charge is 2.28. The standard InChI is InChI=1S/C14H18N2O6/c1-15(8-13-12(17)6-7-21-13)14(18)22-9-10-2-4-11(5-3-10)16(19)20/h2-5,12-13,17H,6-9H2,1H3/t12-,13+/m0/s1. The van der Waals surface area contributed by atoms with Crippen molar-refractivity contribution in [3.8, 4) is 0 Å². The maximum absolute atomic E-state index is 11.8. The molecule has 0 saturated carbocycles. The number of amides is 1. The highest BCUT2D eigenvalue weighted by Crippen LogP contribution is 2.15. The van der Waals surface area contributed by atoms with Gasteiger partial charge in [-0.05, 0) is 24.1 Å². The molecule has 1 saturated heterocycles. The summed E-state index contributed by atoms with van der Waals surface area (Å²) in [6.07, 6.45) is -0.931. The molecule has 1 heterocycles. The summed E-state index contributed by atoms with van der Waals surface area (Å²) in [4.78, 5) is 23.2. The van der Waals surface area contributed by atoms with Gasteiger partial charge in [-0.3, -0.25) is 10.1 Å². The topological polar surface area (TPSA) is 102 Å². The highest BCUT2D eigenvalue weighted by molar-refractivity contribution is 5.67. The van der Waals surface area contributed by atoms with Gasteiger partial charge in [-0.15, -0.1) is 0 Å². The third kappa shape index (κ3) is 4.15. The minimum atomic E-state index is -0.565. The highest BCUT2D eigenvalue weighted by atomic mass is 16.6. The number of aliphatic hydroxyl groups is 1. The molecule has 120 valence electrons. The number of hydrogen-bond acceptors (Lipinski definition) is 6. The normalized spacial score (nSPS) is 20.6. The minimum absolute atomic E-state index is 0.0143. The van der Waals surface area contributed by atoms with Crippen LogP contribution < -0.4 is 0 Å². The molecule has 2 atom stereocenters. The molecule has 8 nitrogen and oxygen atoms in total. The Bertz CT molecular complexity index is 533. The summed E-state index contributed by atoms with van der Waals surface area (Å²) in [6.45, 7) is 0.757. The molecule has 0 spiro atoms. The average Bonchev–Trinajstić information content (AvgIpc) is 2.90. The fraction of sp³-hybridized carbons (Fsp3) is 0.500. The average molecular weight is 310 g/mol. The monoisotopic (exact) mass is 310 g/mol. The van der Waals surface area contributed by atoms with E-state index >= 15 is 0 Å². The lowest BCUT2D eigenvalue weighted by Gasteiger charge is -2.22. The minimum Gasteiger partial charge on any atom is -0.445 e. The number of rotatable bonds is 5. The Kier molecular flexibility index (Phi) is 5.29. The molecule has 0 unspecified atom stereocenters. The number of nitrogens with zero attached hydrogens (tertiary/aromatic N) is 2. The zero-order chi connectivity index (χ0) is 16.1. The zero-order valence-electron chi connectivity index (χ0n) is 12.2. The van der Waals surface area contributed by atoms with Gasteiger partial charge in [0.25, 0.3) is 5.69 Å². The number of carbonyl (C=O) groups is 1. The van der Waals surface area contributed by atoms with Gasteiger partial charge in [0.1, 0.15) is 12.7 Å². The van der Waals surface area contributed by atoms with Crippen molar-refractivity contribution in [2.24, 2.45) is 0 Å². The lowest BCUT2D eigenvalue weighted by molar-refractivity contribution is -0.384. The number of ether oxygens (including phenoxy) is 2. The van der Waals surface area contributed by atoms with Gasteiger partial charge >= 0.3 is 6.09 Å². The number of nitro groups is 1. The van der Waals surface area contributed by atoms with E-state index in [2.05, 4.69) is 0 Å². The second-order valence-electron chi connectivity index (χ2n) is 5.12. The van der Waals surface area contributed by atoms with Crippen molar-refractivity contribution >= 4 is 11.8 Å². The molecule has 0 bridgehead atoms. The Balaban J connectivity index is 1.80. The van der Waals surface area contributed by atoms with Crippen LogP contribution >= 0.6 is 0 Å². The molecule has 1 fully saturated rings. The van der Waals surface area contributed by atoms with E-state index in [0.29, 0.717) is 18.6 Å². The first-order chi connectivity index (χ1) is 10.5. The Morgan fingerprint density at radius 1 is 1.50 bits per heavy atom. The molecular formula is C14H18N2O6. The van der Waals surface area contributed by atoms with Crippen molar-refractivity contribution in [2.45, 2.75) is 25.2 Å². The molecule has 22 heavy (non-hydrogen) atoms. The molecule has 1 aliphatic heterocycles. The lowest BCUT2D eigenvalue weighted by Crippen LogP contribution is -2.38. The van der Waals surface area contributed by atoms with Crippen LogP contribution in [0.25, 0.3) is 0 Å². The van der Waals surface area contributed by atoms with Gasteiger partial charge in [0.05, 0.1) is 17.6 Å². The molecule has 0 radical (unpaired) electrons. The summed E-state index contributed by atoms with van der Waals surface area (Å²) >= 11 is 0. The van der Waals surface area contributed by atoms with Gasteiger partial charge < -0.3 is 19.5 Å². The van der Waals surface area contributed by atoms with Crippen LogP contribution in [0.3, 0.4) is 0 Å². The molecule has 1 aliphatic rings. The van der Waals surface area contributed by atoms with Gasteiger partial charge in [0.2, 0.25) is 0 Å². The number of benzene rings is 1. The van der Waals surface area contributed by atoms with Crippen molar-refractivity contribution in [2.75, 3.05) is 20.2 Å². The Morgan fingerprint density at radius 2 is 2.18 bits per heavy atom. The Hall–Kier alpha value is -2.19. The molecule has 1 aromatic rings.